The van der Waals surface area contributed by atoms with Crippen LogP contribution >= 0.6 is 11.3 Å². The number of aromatic nitrogens is 2. The van der Waals surface area contributed by atoms with Gasteiger partial charge in [0.25, 0.3) is 0 Å². The molecule has 0 saturated carbocycles. The van der Waals surface area contributed by atoms with E-state index in [1.165, 1.54) is 11.3 Å². The standard InChI is InChI=1S/C16H14N4OS/c1-11-7-5-6-10-13(11)14-19-20-16(22-14)18-15(21)17-12-8-3-2-4-9-12/h2-10H,1H3,(H2,17,18,20,21). The second-order valence-electron chi connectivity index (χ2n) is 4.67. The van der Waals surface area contributed by atoms with E-state index in [1.54, 1.807) is 0 Å². The summed E-state index contributed by atoms with van der Waals surface area (Å²) in [6.45, 7) is 2.02. The normalized spacial score (nSPS) is 10.2. The maximum Gasteiger partial charge on any atom is 0.325 e. The first-order valence-electron chi connectivity index (χ1n) is 6.75. The van der Waals surface area contributed by atoms with Gasteiger partial charge in [0.05, 0.1) is 0 Å². The molecule has 3 aromatic rings. The first kappa shape index (κ1) is 14.2. The van der Waals surface area contributed by atoms with Gasteiger partial charge in [0, 0.05) is 11.3 Å². The highest BCUT2D eigenvalue weighted by atomic mass is 32.1. The molecule has 0 spiro atoms. The minimum Gasteiger partial charge on any atom is -0.308 e. The van der Waals surface area contributed by atoms with Crippen molar-refractivity contribution in [3.05, 3.63) is 60.2 Å². The van der Waals surface area contributed by atoms with Crippen LogP contribution in [0, 0.1) is 6.92 Å². The summed E-state index contributed by atoms with van der Waals surface area (Å²) in [7, 11) is 0. The van der Waals surface area contributed by atoms with Crippen molar-refractivity contribution in [1.29, 1.82) is 0 Å². The number of aryl methyl sites for hydroxylation is 1. The smallest absolute Gasteiger partial charge is 0.308 e. The largest absolute Gasteiger partial charge is 0.325 e. The predicted molar refractivity (Wildman–Crippen MR) is 89.2 cm³/mol. The zero-order chi connectivity index (χ0) is 15.4. The number of nitrogens with zero attached hydrogens (tertiary/aromatic N) is 2. The third-order valence-electron chi connectivity index (χ3n) is 3.05. The van der Waals surface area contributed by atoms with Crippen molar-refractivity contribution in [3.63, 3.8) is 0 Å². The predicted octanol–water partition coefficient (Wildman–Crippen LogP) is 4.16. The van der Waals surface area contributed by atoms with Crippen molar-refractivity contribution in [2.24, 2.45) is 0 Å². The molecule has 0 fully saturated rings. The van der Waals surface area contributed by atoms with Crippen LogP contribution in [-0.4, -0.2) is 16.2 Å². The van der Waals surface area contributed by atoms with Gasteiger partial charge in [0.2, 0.25) is 5.13 Å². The van der Waals surface area contributed by atoms with E-state index in [0.29, 0.717) is 5.13 Å². The number of amides is 2. The lowest BCUT2D eigenvalue weighted by Crippen LogP contribution is -2.19. The van der Waals surface area contributed by atoms with Gasteiger partial charge in [0.1, 0.15) is 5.01 Å². The van der Waals surface area contributed by atoms with Crippen LogP contribution in [0.3, 0.4) is 0 Å². The Labute approximate surface area is 132 Å². The lowest BCUT2D eigenvalue weighted by Gasteiger charge is -2.04. The van der Waals surface area contributed by atoms with Crippen LogP contribution in [0.2, 0.25) is 0 Å². The summed E-state index contributed by atoms with van der Waals surface area (Å²) in [6.07, 6.45) is 0. The first-order chi connectivity index (χ1) is 10.7. The summed E-state index contributed by atoms with van der Waals surface area (Å²) >= 11 is 1.34. The van der Waals surface area contributed by atoms with Crippen molar-refractivity contribution in [1.82, 2.24) is 10.2 Å². The molecule has 1 aromatic heterocycles. The number of carbonyl (C=O) groups excluding carboxylic acids is 1. The Kier molecular flexibility index (Phi) is 4.11. The fraction of sp³-hybridized carbons (Fsp3) is 0.0625. The van der Waals surface area contributed by atoms with Crippen molar-refractivity contribution >= 4 is 28.2 Å². The maximum absolute atomic E-state index is 11.9. The summed E-state index contributed by atoms with van der Waals surface area (Å²) in [5.41, 5.74) is 2.87. The Hall–Kier alpha value is -2.73. The molecule has 2 aromatic carbocycles. The lowest BCUT2D eigenvalue weighted by atomic mass is 10.1. The van der Waals surface area contributed by atoms with Crippen LogP contribution < -0.4 is 10.6 Å². The molecule has 1 heterocycles. The molecular formula is C16H14N4OS. The Morgan fingerprint density at radius 1 is 0.955 bits per heavy atom. The summed E-state index contributed by atoms with van der Waals surface area (Å²) in [5, 5.41) is 14.8. The number of nitrogens with one attached hydrogen (secondary N) is 2. The van der Waals surface area contributed by atoms with Crippen LogP contribution in [0.4, 0.5) is 15.6 Å². The number of benzene rings is 2. The second-order valence-corrected chi connectivity index (χ2v) is 5.65. The fourth-order valence-electron chi connectivity index (χ4n) is 1.98. The van der Waals surface area contributed by atoms with E-state index < -0.39 is 0 Å². The van der Waals surface area contributed by atoms with Crippen molar-refractivity contribution in [3.8, 4) is 10.6 Å². The molecule has 110 valence electrons. The van der Waals surface area contributed by atoms with E-state index in [1.807, 2.05) is 61.5 Å². The van der Waals surface area contributed by atoms with Gasteiger partial charge in [-0.15, -0.1) is 10.2 Å². The molecule has 0 bridgehead atoms. The Bertz CT molecular complexity index is 786. The van der Waals surface area contributed by atoms with Gasteiger partial charge in [-0.05, 0) is 24.6 Å². The lowest BCUT2D eigenvalue weighted by molar-refractivity contribution is 0.262. The summed E-state index contributed by atoms with van der Waals surface area (Å²) in [6, 6.07) is 16.9. The summed E-state index contributed by atoms with van der Waals surface area (Å²) < 4.78 is 0. The second kappa shape index (κ2) is 6.36. The molecule has 0 radical (unpaired) electrons. The van der Waals surface area contributed by atoms with Gasteiger partial charge in [-0.1, -0.05) is 53.8 Å². The van der Waals surface area contributed by atoms with Crippen molar-refractivity contribution in [2.75, 3.05) is 10.6 Å². The average molecular weight is 310 g/mol. The summed E-state index contributed by atoms with van der Waals surface area (Å²) in [5.74, 6) is 0. The zero-order valence-corrected chi connectivity index (χ0v) is 12.7. The molecule has 2 N–H and O–H groups in total. The fourth-order valence-corrected chi connectivity index (χ4v) is 2.81. The SMILES string of the molecule is Cc1ccccc1-c1nnc(NC(=O)Nc2ccccc2)s1. The molecule has 5 nitrogen and oxygen atoms in total. The Balaban J connectivity index is 1.70. The van der Waals surface area contributed by atoms with Gasteiger partial charge in [-0.2, -0.15) is 0 Å². The zero-order valence-electron chi connectivity index (χ0n) is 11.9. The highest BCUT2D eigenvalue weighted by Crippen LogP contribution is 2.28. The van der Waals surface area contributed by atoms with Gasteiger partial charge < -0.3 is 5.32 Å². The minimum absolute atomic E-state index is 0.335. The van der Waals surface area contributed by atoms with E-state index in [4.69, 9.17) is 0 Å². The monoisotopic (exact) mass is 310 g/mol. The van der Waals surface area contributed by atoms with Crippen molar-refractivity contribution < 1.29 is 4.79 Å². The molecule has 0 aliphatic carbocycles. The maximum atomic E-state index is 11.9. The van der Waals surface area contributed by atoms with Gasteiger partial charge in [-0.3, -0.25) is 5.32 Å². The molecule has 22 heavy (non-hydrogen) atoms. The quantitative estimate of drug-likeness (QED) is 0.763. The van der Waals surface area contributed by atoms with Crippen LogP contribution in [0.25, 0.3) is 10.6 Å². The molecule has 0 atom stereocenters. The highest BCUT2D eigenvalue weighted by molar-refractivity contribution is 7.18. The van der Waals surface area contributed by atoms with E-state index >= 15 is 0 Å². The number of urea groups is 1. The third-order valence-corrected chi connectivity index (χ3v) is 3.92. The average Bonchev–Trinajstić information content (AvgIpc) is 2.97. The van der Waals surface area contributed by atoms with Crippen LogP contribution in [0.5, 0.6) is 0 Å². The molecule has 3 rings (SSSR count). The molecule has 2 amide bonds. The minimum atomic E-state index is -0.335. The van der Waals surface area contributed by atoms with Crippen LogP contribution in [0.15, 0.2) is 54.6 Å². The molecule has 0 unspecified atom stereocenters. The number of carbonyl (C=O) groups is 1. The first-order valence-corrected chi connectivity index (χ1v) is 7.56. The van der Waals surface area contributed by atoms with E-state index in [2.05, 4.69) is 20.8 Å². The van der Waals surface area contributed by atoms with Crippen molar-refractivity contribution in [2.45, 2.75) is 6.92 Å². The third kappa shape index (κ3) is 3.29. The van der Waals surface area contributed by atoms with E-state index in [-0.39, 0.29) is 6.03 Å². The number of hydrogen-bond donors (Lipinski definition) is 2. The van der Waals surface area contributed by atoms with Gasteiger partial charge in [-0.25, -0.2) is 4.79 Å². The van der Waals surface area contributed by atoms with E-state index in [0.717, 1.165) is 21.8 Å². The highest BCUT2D eigenvalue weighted by Gasteiger charge is 2.10. The molecule has 0 saturated heterocycles. The molecule has 0 aliphatic heterocycles. The topological polar surface area (TPSA) is 66.9 Å². The Morgan fingerprint density at radius 3 is 2.45 bits per heavy atom. The molecule has 6 heteroatoms. The van der Waals surface area contributed by atoms with Gasteiger partial charge >= 0.3 is 6.03 Å². The molecular weight excluding hydrogens is 296 g/mol. The number of anilines is 2. The number of rotatable bonds is 3. The summed E-state index contributed by atoms with van der Waals surface area (Å²) in [4.78, 5) is 11.9. The number of hydrogen-bond acceptors (Lipinski definition) is 4. The van der Waals surface area contributed by atoms with Crippen LogP contribution in [0.1, 0.15) is 5.56 Å². The molecule has 0 aliphatic rings. The van der Waals surface area contributed by atoms with Gasteiger partial charge in [0.15, 0.2) is 0 Å². The number of para-hydroxylation sites is 1. The van der Waals surface area contributed by atoms with Crippen LogP contribution in [-0.2, 0) is 0 Å². The van der Waals surface area contributed by atoms with E-state index in [9.17, 15) is 4.79 Å². The Morgan fingerprint density at radius 2 is 1.68 bits per heavy atom.